The lowest BCUT2D eigenvalue weighted by molar-refractivity contribution is -0.138. The zero-order valence-electron chi connectivity index (χ0n) is 15.7. The van der Waals surface area contributed by atoms with E-state index in [1.807, 2.05) is 35.2 Å². The first-order valence-corrected chi connectivity index (χ1v) is 9.33. The Morgan fingerprint density at radius 1 is 1.21 bits per heavy atom. The fraction of sp³-hybridized carbons (Fsp3) is 0.227. The minimum Gasteiger partial charge on any atom is -0.489 e. The molecule has 4 rings (SSSR count). The van der Waals surface area contributed by atoms with Crippen LogP contribution in [-0.4, -0.2) is 39.0 Å². The summed E-state index contributed by atoms with van der Waals surface area (Å²) < 4.78 is 18.9. The van der Waals surface area contributed by atoms with Crippen molar-refractivity contribution in [2.45, 2.75) is 19.6 Å². The second-order valence-corrected chi connectivity index (χ2v) is 6.96. The first-order valence-electron chi connectivity index (χ1n) is 9.33. The van der Waals surface area contributed by atoms with Crippen LogP contribution in [0.5, 0.6) is 5.75 Å². The maximum Gasteiger partial charge on any atom is 0.317 e. The molecule has 0 atom stereocenters. The summed E-state index contributed by atoms with van der Waals surface area (Å²) in [4.78, 5) is 21.9. The van der Waals surface area contributed by atoms with Gasteiger partial charge in [0, 0.05) is 36.8 Å². The molecule has 0 radical (unpaired) electrons. The molecule has 0 spiro atoms. The van der Waals surface area contributed by atoms with Gasteiger partial charge < -0.3 is 9.84 Å². The molecule has 7 heteroatoms. The Kier molecular flexibility index (Phi) is 5.48. The van der Waals surface area contributed by atoms with E-state index in [1.54, 1.807) is 12.3 Å². The monoisotopic (exact) mass is 393 g/mol. The molecule has 6 nitrogen and oxygen atoms in total. The maximum atomic E-state index is 13.2. The summed E-state index contributed by atoms with van der Waals surface area (Å²) in [7, 11) is 0. The predicted octanol–water partition coefficient (Wildman–Crippen LogP) is 3.30. The van der Waals surface area contributed by atoms with Crippen molar-refractivity contribution in [3.05, 3.63) is 77.4 Å². The van der Waals surface area contributed by atoms with Crippen molar-refractivity contribution >= 4 is 5.97 Å². The summed E-state index contributed by atoms with van der Waals surface area (Å²) in [6.07, 6.45) is 2.48. The molecule has 3 aromatic rings. The molecule has 1 aliphatic rings. The number of carboxylic acid groups (broad SMARTS) is 1. The van der Waals surface area contributed by atoms with E-state index in [2.05, 4.69) is 9.97 Å². The third-order valence-electron chi connectivity index (χ3n) is 4.78. The van der Waals surface area contributed by atoms with E-state index in [0.29, 0.717) is 37.7 Å². The Bertz CT molecular complexity index is 1020. The maximum absolute atomic E-state index is 13.2. The summed E-state index contributed by atoms with van der Waals surface area (Å²) >= 11 is 0. The van der Waals surface area contributed by atoms with Crippen LogP contribution in [0.25, 0.3) is 11.4 Å². The standard InChI is InChI=1S/C22H20FN3O3/c23-18-3-1-2-15(10-18)14-29-19-6-4-16(5-7-19)22-24-11-17-12-26(13-21(27)28)9-8-20(17)25-22/h1-7,10-11H,8-9,12-14H2,(H,27,28). The number of rotatable bonds is 6. The van der Waals surface area contributed by atoms with Crippen molar-refractivity contribution < 1.29 is 19.0 Å². The van der Waals surface area contributed by atoms with Gasteiger partial charge in [-0.1, -0.05) is 12.1 Å². The minimum atomic E-state index is -0.828. The van der Waals surface area contributed by atoms with E-state index in [1.165, 1.54) is 12.1 Å². The van der Waals surface area contributed by atoms with Gasteiger partial charge in [0.1, 0.15) is 18.2 Å². The van der Waals surface area contributed by atoms with E-state index in [-0.39, 0.29) is 12.4 Å². The number of ether oxygens (including phenoxy) is 1. The normalized spacial score (nSPS) is 13.7. The molecule has 2 heterocycles. The van der Waals surface area contributed by atoms with Crippen LogP contribution in [0.1, 0.15) is 16.8 Å². The van der Waals surface area contributed by atoms with Crippen molar-refractivity contribution in [1.29, 1.82) is 0 Å². The molecule has 0 fully saturated rings. The molecule has 1 aliphatic heterocycles. The molecule has 0 saturated carbocycles. The fourth-order valence-electron chi connectivity index (χ4n) is 3.33. The van der Waals surface area contributed by atoms with Gasteiger partial charge in [0.2, 0.25) is 0 Å². The van der Waals surface area contributed by atoms with Gasteiger partial charge in [0.25, 0.3) is 0 Å². The molecule has 29 heavy (non-hydrogen) atoms. The van der Waals surface area contributed by atoms with Crippen molar-refractivity contribution in [2.24, 2.45) is 0 Å². The van der Waals surface area contributed by atoms with Crippen LogP contribution in [0.4, 0.5) is 4.39 Å². The SMILES string of the molecule is O=C(O)CN1CCc2nc(-c3ccc(OCc4cccc(F)c4)cc3)ncc2C1. The second-order valence-electron chi connectivity index (χ2n) is 6.96. The van der Waals surface area contributed by atoms with Gasteiger partial charge in [-0.25, -0.2) is 14.4 Å². The lowest BCUT2D eigenvalue weighted by Gasteiger charge is -2.26. The first kappa shape index (κ1) is 19.0. The molecule has 1 aromatic heterocycles. The highest BCUT2D eigenvalue weighted by molar-refractivity contribution is 5.69. The Balaban J connectivity index is 1.42. The second kappa shape index (κ2) is 8.36. The van der Waals surface area contributed by atoms with E-state index in [0.717, 1.165) is 22.4 Å². The molecule has 0 saturated heterocycles. The number of halogens is 1. The third kappa shape index (κ3) is 4.75. The average molecular weight is 393 g/mol. The number of nitrogens with zero attached hydrogens (tertiary/aromatic N) is 3. The third-order valence-corrected chi connectivity index (χ3v) is 4.78. The summed E-state index contributed by atoms with van der Waals surface area (Å²) in [6, 6.07) is 13.8. The highest BCUT2D eigenvalue weighted by Gasteiger charge is 2.20. The van der Waals surface area contributed by atoms with E-state index < -0.39 is 5.97 Å². The van der Waals surface area contributed by atoms with Gasteiger partial charge in [-0.15, -0.1) is 0 Å². The summed E-state index contributed by atoms with van der Waals surface area (Å²) in [5, 5.41) is 8.94. The molecule has 2 aromatic carbocycles. The number of aliphatic carboxylic acids is 1. The topological polar surface area (TPSA) is 75.5 Å². The molecule has 1 N–H and O–H groups in total. The van der Waals surface area contributed by atoms with Crippen molar-refractivity contribution in [2.75, 3.05) is 13.1 Å². The van der Waals surface area contributed by atoms with E-state index in [4.69, 9.17) is 9.84 Å². The van der Waals surface area contributed by atoms with Crippen molar-refractivity contribution in [3.8, 4) is 17.1 Å². The molecule has 148 valence electrons. The summed E-state index contributed by atoms with van der Waals surface area (Å²) in [5.41, 5.74) is 3.57. The molecule has 0 bridgehead atoms. The smallest absolute Gasteiger partial charge is 0.317 e. The number of aromatic nitrogens is 2. The minimum absolute atomic E-state index is 0.0261. The lowest BCUT2D eigenvalue weighted by atomic mass is 10.1. The lowest BCUT2D eigenvalue weighted by Crippen LogP contribution is -2.35. The quantitative estimate of drug-likeness (QED) is 0.693. The van der Waals surface area contributed by atoms with Crippen molar-refractivity contribution in [3.63, 3.8) is 0 Å². The molecular weight excluding hydrogens is 373 g/mol. The number of hydrogen-bond acceptors (Lipinski definition) is 5. The van der Waals surface area contributed by atoms with Crippen LogP contribution >= 0.6 is 0 Å². The number of carboxylic acids is 1. The van der Waals surface area contributed by atoms with Gasteiger partial charge in [-0.3, -0.25) is 9.69 Å². The molecule has 0 aliphatic carbocycles. The van der Waals surface area contributed by atoms with Crippen LogP contribution in [0.15, 0.2) is 54.7 Å². The molecular formula is C22H20FN3O3. The van der Waals surface area contributed by atoms with Crippen molar-refractivity contribution in [1.82, 2.24) is 14.9 Å². The van der Waals surface area contributed by atoms with Crippen LogP contribution in [0, 0.1) is 5.82 Å². The fourth-order valence-corrected chi connectivity index (χ4v) is 3.33. The van der Waals surface area contributed by atoms with Crippen LogP contribution in [0.3, 0.4) is 0 Å². The largest absolute Gasteiger partial charge is 0.489 e. The summed E-state index contributed by atoms with van der Waals surface area (Å²) in [6.45, 7) is 1.54. The highest BCUT2D eigenvalue weighted by Crippen LogP contribution is 2.23. The van der Waals surface area contributed by atoms with Gasteiger partial charge >= 0.3 is 5.97 Å². The first-order chi connectivity index (χ1) is 14.1. The number of carbonyl (C=O) groups is 1. The number of fused-ring (bicyclic) bond motifs is 1. The Morgan fingerprint density at radius 2 is 2.03 bits per heavy atom. The van der Waals surface area contributed by atoms with Gasteiger partial charge in [0.05, 0.1) is 12.2 Å². The molecule has 0 amide bonds. The number of benzene rings is 2. The van der Waals surface area contributed by atoms with Crippen LogP contribution in [0.2, 0.25) is 0 Å². The van der Waals surface area contributed by atoms with Crippen LogP contribution < -0.4 is 4.74 Å². The Labute approximate surface area is 167 Å². The Morgan fingerprint density at radius 3 is 2.79 bits per heavy atom. The van der Waals surface area contributed by atoms with Crippen LogP contribution in [-0.2, 0) is 24.4 Å². The zero-order chi connectivity index (χ0) is 20.2. The van der Waals surface area contributed by atoms with E-state index in [9.17, 15) is 9.18 Å². The van der Waals surface area contributed by atoms with Gasteiger partial charge in [0.15, 0.2) is 5.82 Å². The number of hydrogen-bond donors (Lipinski definition) is 1. The summed E-state index contributed by atoms with van der Waals surface area (Å²) in [5.74, 6) is 0.204. The molecule has 0 unspecified atom stereocenters. The zero-order valence-corrected chi connectivity index (χ0v) is 15.7. The van der Waals surface area contributed by atoms with Gasteiger partial charge in [-0.2, -0.15) is 0 Å². The van der Waals surface area contributed by atoms with Gasteiger partial charge in [-0.05, 0) is 42.0 Å². The van der Waals surface area contributed by atoms with E-state index >= 15 is 0 Å². The highest BCUT2D eigenvalue weighted by atomic mass is 19.1. The average Bonchev–Trinajstić information content (AvgIpc) is 2.72. The predicted molar refractivity (Wildman–Crippen MR) is 105 cm³/mol. The Hall–Kier alpha value is -3.32.